The van der Waals surface area contributed by atoms with Crippen LogP contribution in [0, 0.1) is 19.3 Å². The van der Waals surface area contributed by atoms with Crippen molar-refractivity contribution in [3.8, 4) is 0 Å². The van der Waals surface area contributed by atoms with Gasteiger partial charge in [-0.3, -0.25) is 9.36 Å². The summed E-state index contributed by atoms with van der Waals surface area (Å²) in [4.78, 5) is 13.9. The smallest absolute Gasteiger partial charge is 0.266 e. The van der Waals surface area contributed by atoms with Crippen molar-refractivity contribution in [2.75, 3.05) is 0 Å². The highest BCUT2D eigenvalue weighted by molar-refractivity contribution is 5.97. The van der Waals surface area contributed by atoms with Gasteiger partial charge >= 0.3 is 0 Å². The van der Waals surface area contributed by atoms with Crippen LogP contribution < -0.4 is 5.90 Å². The first-order chi connectivity index (χ1) is 15.7. The second-order valence-corrected chi connectivity index (χ2v) is 9.72. The van der Waals surface area contributed by atoms with E-state index in [1.807, 2.05) is 16.4 Å². The number of aryl methyl sites for hydroxylation is 4. The van der Waals surface area contributed by atoms with Gasteiger partial charge in [-0.1, -0.05) is 20.4 Å². The number of nitrogens with zero attached hydrogens (tertiary/aromatic N) is 6. The SMILES string of the molecule is C=C(N=C(ON)c1nn(C)c2c1CCC(C)(C)C2)c1cc(C)c(CCn2cncn2)c(C)c1. The first-order valence-electron chi connectivity index (χ1n) is 11.3. The van der Waals surface area contributed by atoms with Crippen LogP contribution in [0.5, 0.6) is 0 Å². The van der Waals surface area contributed by atoms with E-state index < -0.39 is 0 Å². The third-order valence-corrected chi connectivity index (χ3v) is 6.61. The third kappa shape index (κ3) is 4.75. The molecule has 0 fully saturated rings. The molecule has 8 nitrogen and oxygen atoms in total. The first kappa shape index (κ1) is 22.9. The Labute approximate surface area is 195 Å². The molecule has 0 aliphatic heterocycles. The predicted octanol–water partition coefficient (Wildman–Crippen LogP) is 3.69. The van der Waals surface area contributed by atoms with Crippen LogP contribution in [0.25, 0.3) is 5.70 Å². The van der Waals surface area contributed by atoms with Gasteiger partial charge in [-0.2, -0.15) is 16.1 Å². The zero-order chi connectivity index (χ0) is 23.8. The highest BCUT2D eigenvalue weighted by Crippen LogP contribution is 2.36. The summed E-state index contributed by atoms with van der Waals surface area (Å²) < 4.78 is 3.77. The summed E-state index contributed by atoms with van der Waals surface area (Å²) in [6, 6.07) is 4.22. The zero-order valence-electron chi connectivity index (χ0n) is 20.2. The number of aromatic nitrogens is 5. The first-order valence-corrected chi connectivity index (χ1v) is 11.3. The summed E-state index contributed by atoms with van der Waals surface area (Å²) in [6.07, 6.45) is 7.16. The molecule has 8 heteroatoms. The van der Waals surface area contributed by atoms with Gasteiger partial charge in [0.25, 0.3) is 5.90 Å². The molecule has 0 saturated heterocycles. The fourth-order valence-corrected chi connectivity index (χ4v) is 4.71. The van der Waals surface area contributed by atoms with Gasteiger partial charge in [-0.15, -0.1) is 0 Å². The summed E-state index contributed by atoms with van der Waals surface area (Å²) in [5.74, 6) is 5.97. The van der Waals surface area contributed by atoms with Crippen molar-refractivity contribution in [3.63, 3.8) is 0 Å². The maximum absolute atomic E-state index is 5.66. The van der Waals surface area contributed by atoms with Crippen LogP contribution in [0.1, 0.15) is 59.5 Å². The number of nitrogens with two attached hydrogens (primary N) is 1. The van der Waals surface area contributed by atoms with Crippen molar-refractivity contribution in [3.05, 3.63) is 70.6 Å². The van der Waals surface area contributed by atoms with Crippen LogP contribution in [0.4, 0.5) is 0 Å². The van der Waals surface area contributed by atoms with Gasteiger partial charge in [-0.25, -0.2) is 9.98 Å². The Balaban J connectivity index is 1.59. The third-order valence-electron chi connectivity index (χ3n) is 6.61. The molecular formula is C25H33N7O. The lowest BCUT2D eigenvalue weighted by Crippen LogP contribution is -2.24. The standard InChI is InChI=1S/C25H33N7O/c1-16-11-19(12-17(2)20(16)8-10-32-15-27-14-28-32)18(3)29-24(33-26)23-21-7-9-25(4,5)13-22(21)31(6)30-23/h11-12,14-15H,3,7-10,13,26H2,1-2,4-6H3. The Morgan fingerprint density at radius 1 is 1.27 bits per heavy atom. The average molecular weight is 448 g/mol. The molecule has 0 saturated carbocycles. The number of aliphatic imine (C=N–C) groups is 1. The second kappa shape index (κ2) is 8.94. The van der Waals surface area contributed by atoms with E-state index in [-0.39, 0.29) is 5.41 Å². The highest BCUT2D eigenvalue weighted by atomic mass is 16.6. The molecule has 0 spiro atoms. The van der Waals surface area contributed by atoms with Crippen molar-refractivity contribution < 1.29 is 4.84 Å². The molecule has 174 valence electrons. The minimum Gasteiger partial charge on any atom is -0.389 e. The Hall–Kier alpha value is -3.26. The summed E-state index contributed by atoms with van der Waals surface area (Å²) >= 11 is 0. The minimum absolute atomic E-state index is 0.257. The molecule has 4 rings (SSSR count). The number of rotatable bonds is 6. The topological polar surface area (TPSA) is 96.1 Å². The van der Waals surface area contributed by atoms with E-state index in [2.05, 4.69) is 61.5 Å². The van der Waals surface area contributed by atoms with Crippen molar-refractivity contribution in [2.45, 2.75) is 59.9 Å². The molecule has 0 bridgehead atoms. The molecule has 2 heterocycles. The lowest BCUT2D eigenvalue weighted by Gasteiger charge is -2.29. The molecule has 1 aliphatic rings. The van der Waals surface area contributed by atoms with Gasteiger partial charge in [-0.05, 0) is 73.8 Å². The van der Waals surface area contributed by atoms with Crippen LogP contribution in [-0.4, -0.2) is 30.4 Å². The van der Waals surface area contributed by atoms with Crippen LogP contribution in [-0.2, 0) is 37.7 Å². The quantitative estimate of drug-likeness (QED) is 0.353. The molecule has 0 atom stereocenters. The number of benzene rings is 1. The van der Waals surface area contributed by atoms with Crippen LogP contribution in [0.2, 0.25) is 0 Å². The van der Waals surface area contributed by atoms with Gasteiger partial charge in [0.05, 0.1) is 5.70 Å². The Morgan fingerprint density at radius 2 is 2.00 bits per heavy atom. The summed E-state index contributed by atoms with van der Waals surface area (Å²) in [5.41, 5.74) is 8.57. The van der Waals surface area contributed by atoms with Gasteiger partial charge < -0.3 is 4.84 Å². The molecule has 2 N–H and O–H groups in total. The summed E-state index contributed by atoms with van der Waals surface area (Å²) in [7, 11) is 1.97. The molecule has 0 unspecified atom stereocenters. The zero-order valence-corrected chi connectivity index (χ0v) is 20.2. The van der Waals surface area contributed by atoms with E-state index in [4.69, 9.17) is 15.8 Å². The van der Waals surface area contributed by atoms with Crippen molar-refractivity contribution in [1.29, 1.82) is 0 Å². The molecule has 33 heavy (non-hydrogen) atoms. The van der Waals surface area contributed by atoms with Crippen LogP contribution in [0.3, 0.4) is 0 Å². The van der Waals surface area contributed by atoms with E-state index in [0.29, 0.717) is 17.3 Å². The fraction of sp³-hybridized carbons (Fsp3) is 0.440. The van der Waals surface area contributed by atoms with Crippen LogP contribution in [0.15, 0.2) is 36.4 Å². The normalized spacial score (nSPS) is 15.4. The van der Waals surface area contributed by atoms with Gasteiger partial charge in [0.1, 0.15) is 12.7 Å². The molecule has 2 aromatic heterocycles. The Morgan fingerprint density at radius 3 is 2.64 bits per heavy atom. The maximum Gasteiger partial charge on any atom is 0.266 e. The Bertz CT molecular complexity index is 1180. The van der Waals surface area contributed by atoms with E-state index in [1.165, 1.54) is 27.9 Å². The van der Waals surface area contributed by atoms with Gasteiger partial charge in [0, 0.05) is 30.4 Å². The molecule has 1 aliphatic carbocycles. The van der Waals surface area contributed by atoms with E-state index in [0.717, 1.165) is 37.8 Å². The predicted molar refractivity (Wildman–Crippen MR) is 129 cm³/mol. The van der Waals surface area contributed by atoms with E-state index in [1.54, 1.807) is 12.7 Å². The number of hydrogen-bond donors (Lipinski definition) is 1. The number of fused-ring (bicyclic) bond motifs is 1. The second-order valence-electron chi connectivity index (χ2n) is 9.72. The van der Waals surface area contributed by atoms with Gasteiger partial charge in [0.2, 0.25) is 0 Å². The summed E-state index contributed by atoms with van der Waals surface area (Å²) in [6.45, 7) is 13.8. The number of hydrogen-bond acceptors (Lipinski definition) is 6. The lowest BCUT2D eigenvalue weighted by molar-refractivity contribution is 0.305. The summed E-state index contributed by atoms with van der Waals surface area (Å²) in [5, 5.41) is 8.89. The maximum atomic E-state index is 5.66. The van der Waals surface area contributed by atoms with Crippen LogP contribution >= 0.6 is 0 Å². The minimum atomic E-state index is 0.257. The lowest BCUT2D eigenvalue weighted by atomic mass is 9.76. The van der Waals surface area contributed by atoms with Crippen molar-refractivity contribution in [2.24, 2.45) is 23.4 Å². The van der Waals surface area contributed by atoms with E-state index >= 15 is 0 Å². The molecule has 0 radical (unpaired) electrons. The molecule has 0 amide bonds. The fourth-order valence-electron chi connectivity index (χ4n) is 4.71. The average Bonchev–Trinajstić information content (AvgIpc) is 3.38. The highest BCUT2D eigenvalue weighted by Gasteiger charge is 2.32. The molecule has 1 aromatic carbocycles. The van der Waals surface area contributed by atoms with Gasteiger partial charge in [0.15, 0.2) is 5.69 Å². The van der Waals surface area contributed by atoms with E-state index in [9.17, 15) is 0 Å². The largest absolute Gasteiger partial charge is 0.389 e. The molecular weight excluding hydrogens is 414 g/mol. The van der Waals surface area contributed by atoms with Crippen molar-refractivity contribution in [1.82, 2.24) is 24.5 Å². The Kier molecular flexibility index (Phi) is 6.21. The monoisotopic (exact) mass is 447 g/mol. The molecule has 3 aromatic rings. The van der Waals surface area contributed by atoms with Crippen molar-refractivity contribution >= 4 is 11.6 Å².